The molecule has 0 aliphatic carbocycles. The lowest BCUT2D eigenvalue weighted by Gasteiger charge is -2.16. The van der Waals surface area contributed by atoms with Gasteiger partial charge in [0.15, 0.2) is 11.6 Å². The Bertz CT molecular complexity index is 4860. The highest BCUT2D eigenvalue weighted by Gasteiger charge is 2.26. The van der Waals surface area contributed by atoms with Crippen molar-refractivity contribution in [3.05, 3.63) is 212 Å². The summed E-state index contributed by atoms with van der Waals surface area (Å²) in [6.45, 7) is 0. The van der Waals surface area contributed by atoms with Crippen LogP contribution in [-0.2, 0) is 0 Å². The van der Waals surface area contributed by atoms with E-state index in [1.807, 2.05) is 30.3 Å². The largest absolute Gasteiger partial charge is 0.456 e. The van der Waals surface area contributed by atoms with Gasteiger partial charge in [-0.15, -0.1) is 0 Å². The highest BCUT2D eigenvalue weighted by Crippen LogP contribution is 2.45. The van der Waals surface area contributed by atoms with E-state index in [2.05, 4.69) is 191 Å². The number of fused-ring (bicyclic) bond motifs is 17. The molecule has 0 radical (unpaired) electrons. The molecular weight excluding hydrogens is 859 g/mol. The molecule has 7 nitrogen and oxygen atoms in total. The van der Waals surface area contributed by atoms with Crippen molar-refractivity contribution < 1.29 is 8.83 Å². The summed E-state index contributed by atoms with van der Waals surface area (Å²) in [7, 11) is 0. The third kappa shape index (κ3) is 5.20. The quantitative estimate of drug-likeness (QED) is 0.176. The van der Waals surface area contributed by atoms with E-state index >= 15 is 0 Å². The summed E-state index contributed by atoms with van der Waals surface area (Å²) in [6, 6.07) is 75.0. The molecule has 5 heterocycles. The molecule has 16 aromatic rings. The van der Waals surface area contributed by atoms with Crippen LogP contribution in [0.5, 0.6) is 0 Å². The Kier molecular flexibility index (Phi) is 7.49. The predicted octanol–water partition coefficient (Wildman–Crippen LogP) is 16.7. The Morgan fingerprint density at radius 2 is 0.914 bits per heavy atom. The average molecular weight is 894 g/mol. The van der Waals surface area contributed by atoms with Gasteiger partial charge >= 0.3 is 0 Å². The van der Waals surface area contributed by atoms with E-state index in [0.29, 0.717) is 17.6 Å². The van der Waals surface area contributed by atoms with Gasteiger partial charge in [0, 0.05) is 59.6 Å². The van der Waals surface area contributed by atoms with Gasteiger partial charge in [0.25, 0.3) is 0 Å². The summed E-state index contributed by atoms with van der Waals surface area (Å²) in [4.78, 5) is 16.7. The van der Waals surface area contributed by atoms with Gasteiger partial charge in [-0.25, -0.2) is 4.98 Å². The summed E-state index contributed by atoms with van der Waals surface area (Å²) < 4.78 is 18.1. The predicted molar refractivity (Wildman–Crippen MR) is 286 cm³/mol. The zero-order chi connectivity index (χ0) is 45.6. The molecule has 0 amide bonds. The van der Waals surface area contributed by atoms with Crippen molar-refractivity contribution in [3.8, 4) is 34.4 Å². The molecule has 7 heteroatoms. The van der Waals surface area contributed by atoms with Crippen molar-refractivity contribution >= 4 is 120 Å². The van der Waals surface area contributed by atoms with E-state index in [1.54, 1.807) is 0 Å². The fourth-order valence-electron chi connectivity index (χ4n) is 11.4. The van der Waals surface area contributed by atoms with Crippen molar-refractivity contribution in [1.82, 2.24) is 24.1 Å². The van der Waals surface area contributed by atoms with Crippen LogP contribution in [-0.4, -0.2) is 24.1 Å². The van der Waals surface area contributed by atoms with Crippen molar-refractivity contribution in [3.63, 3.8) is 0 Å². The van der Waals surface area contributed by atoms with Gasteiger partial charge in [-0.1, -0.05) is 152 Å². The van der Waals surface area contributed by atoms with Gasteiger partial charge in [0.1, 0.15) is 22.3 Å². The Morgan fingerprint density at radius 3 is 1.70 bits per heavy atom. The Hall–Kier alpha value is -9.59. The Morgan fingerprint density at radius 1 is 0.300 bits per heavy atom. The maximum atomic E-state index is 7.02. The molecule has 0 saturated heterocycles. The lowest BCUT2D eigenvalue weighted by Crippen LogP contribution is -2.08. The fourth-order valence-corrected chi connectivity index (χ4v) is 11.4. The normalized spacial score (nSPS) is 12.3. The van der Waals surface area contributed by atoms with Crippen LogP contribution in [0.4, 0.5) is 0 Å². The molecule has 0 unspecified atom stereocenters. The number of hydrogen-bond donors (Lipinski definition) is 0. The summed E-state index contributed by atoms with van der Waals surface area (Å²) in [5.41, 5.74) is 9.88. The molecule has 16 rings (SSSR count). The zero-order valence-electron chi connectivity index (χ0n) is 37.3. The first-order valence-corrected chi connectivity index (χ1v) is 23.6. The van der Waals surface area contributed by atoms with Gasteiger partial charge in [0.05, 0.1) is 27.8 Å². The Balaban J connectivity index is 1.09. The molecule has 0 N–H and O–H groups in total. The highest BCUT2D eigenvalue weighted by atomic mass is 16.3. The second-order valence-electron chi connectivity index (χ2n) is 18.3. The van der Waals surface area contributed by atoms with Crippen molar-refractivity contribution in [2.24, 2.45) is 0 Å². The fraction of sp³-hybridized carbons (Fsp3) is 0. The lowest BCUT2D eigenvalue weighted by atomic mass is 10.0. The van der Waals surface area contributed by atoms with Gasteiger partial charge in [-0.3, -0.25) is 4.57 Å². The third-order valence-corrected chi connectivity index (χ3v) is 14.5. The van der Waals surface area contributed by atoms with E-state index in [-0.39, 0.29) is 0 Å². The van der Waals surface area contributed by atoms with Crippen LogP contribution in [0.1, 0.15) is 0 Å². The molecule has 70 heavy (non-hydrogen) atoms. The minimum atomic E-state index is 0.503. The lowest BCUT2D eigenvalue weighted by molar-refractivity contribution is 0.669. The topological polar surface area (TPSA) is 74.8 Å². The van der Waals surface area contributed by atoms with Crippen LogP contribution in [0, 0.1) is 0 Å². The Labute approximate surface area is 397 Å². The van der Waals surface area contributed by atoms with Crippen LogP contribution in [0.3, 0.4) is 0 Å². The molecule has 0 atom stereocenters. The van der Waals surface area contributed by atoms with E-state index in [9.17, 15) is 0 Å². The van der Waals surface area contributed by atoms with E-state index < -0.39 is 0 Å². The van der Waals surface area contributed by atoms with Gasteiger partial charge in [0.2, 0.25) is 5.95 Å². The van der Waals surface area contributed by atoms with E-state index in [0.717, 1.165) is 110 Å². The number of aromatic nitrogens is 5. The molecule has 11 aromatic carbocycles. The first-order valence-electron chi connectivity index (χ1n) is 23.6. The number of nitrogens with zero attached hydrogens (tertiary/aromatic N) is 5. The third-order valence-electron chi connectivity index (χ3n) is 14.5. The SMILES string of the molecule is c1ccc2cc3c(cc2c1)c1c2ccccc2ccc1n3-c1cc2c(cc1-c1nc(-c3cccc4oc5ccccc5c34)nc(-n3c4ccccc4c4ccccc43)n1)oc1c3ccccc3ccc21. The molecular formula is C63H35N5O2. The maximum absolute atomic E-state index is 7.02. The van der Waals surface area contributed by atoms with Crippen LogP contribution >= 0.6 is 0 Å². The molecule has 0 spiro atoms. The van der Waals surface area contributed by atoms with Crippen molar-refractivity contribution in [1.29, 1.82) is 0 Å². The summed E-state index contributed by atoms with van der Waals surface area (Å²) in [6.07, 6.45) is 0. The van der Waals surface area contributed by atoms with Crippen molar-refractivity contribution in [2.75, 3.05) is 0 Å². The van der Waals surface area contributed by atoms with Gasteiger partial charge in [-0.2, -0.15) is 9.97 Å². The number of para-hydroxylation sites is 3. The molecule has 0 fully saturated rings. The number of benzene rings is 11. The second kappa shape index (κ2) is 14.0. The molecule has 5 aromatic heterocycles. The minimum absolute atomic E-state index is 0.503. The summed E-state index contributed by atoms with van der Waals surface area (Å²) in [5.74, 6) is 1.54. The smallest absolute Gasteiger partial charge is 0.238 e. The van der Waals surface area contributed by atoms with E-state index in [4.69, 9.17) is 23.8 Å². The van der Waals surface area contributed by atoms with Crippen LogP contribution in [0.15, 0.2) is 221 Å². The van der Waals surface area contributed by atoms with Gasteiger partial charge < -0.3 is 13.4 Å². The minimum Gasteiger partial charge on any atom is -0.456 e. The average Bonchev–Trinajstić information content (AvgIpc) is 4.17. The molecule has 0 saturated carbocycles. The molecule has 0 aliphatic heterocycles. The van der Waals surface area contributed by atoms with E-state index in [1.165, 1.54) is 26.9 Å². The monoisotopic (exact) mass is 893 g/mol. The first kappa shape index (κ1) is 37.5. The number of hydrogen-bond acceptors (Lipinski definition) is 5. The molecule has 0 aliphatic rings. The number of furan rings is 2. The van der Waals surface area contributed by atoms with Crippen LogP contribution < -0.4 is 0 Å². The zero-order valence-corrected chi connectivity index (χ0v) is 37.3. The summed E-state index contributed by atoms with van der Waals surface area (Å²) >= 11 is 0. The standard InChI is InChI=1S/C63H35N5O2/c1-2-17-39-33-53-48(32-38(39)16-1)58-40-18-5-3-14-36(40)29-31-52(58)67(53)54-34-47-44-30-28-37-15-4-6-19-41(37)60(44)70-57(47)35-49(54)62-64-61(46-23-13-27-56-59(46)45-22-9-12-26-55(45)69-56)65-63(66-62)68-50-24-10-7-20-42(50)43-21-8-11-25-51(43)68/h1-35H. The maximum Gasteiger partial charge on any atom is 0.238 e. The molecule has 0 bridgehead atoms. The number of rotatable bonds is 4. The highest BCUT2D eigenvalue weighted by molar-refractivity contribution is 6.24. The van der Waals surface area contributed by atoms with Gasteiger partial charge in [-0.05, 0) is 87.6 Å². The van der Waals surface area contributed by atoms with Crippen LogP contribution in [0.2, 0.25) is 0 Å². The molecule has 324 valence electrons. The second-order valence-corrected chi connectivity index (χ2v) is 18.3. The van der Waals surface area contributed by atoms with Crippen molar-refractivity contribution in [2.45, 2.75) is 0 Å². The first-order chi connectivity index (χ1) is 34.7. The van der Waals surface area contributed by atoms with Crippen LogP contribution in [0.25, 0.3) is 154 Å². The summed E-state index contributed by atoms with van der Waals surface area (Å²) in [5, 5.41) is 15.5.